The molecule has 1 N–H and O–H groups in total. The second-order valence-electron chi connectivity index (χ2n) is 9.92. The molecule has 9 nitrogen and oxygen atoms in total. The molecule has 212 valence electrons. The first-order valence-corrected chi connectivity index (χ1v) is 13.3. The van der Waals surface area contributed by atoms with Crippen LogP contribution in [-0.4, -0.2) is 71.7 Å². The van der Waals surface area contributed by atoms with Gasteiger partial charge in [0.1, 0.15) is 5.75 Å². The number of amides is 1. The van der Waals surface area contributed by atoms with Crippen molar-refractivity contribution in [2.24, 2.45) is 0 Å². The second kappa shape index (κ2) is 13.4. The summed E-state index contributed by atoms with van der Waals surface area (Å²) in [6.07, 6.45) is 2.60. The summed E-state index contributed by atoms with van der Waals surface area (Å²) >= 11 is 0. The lowest BCUT2D eigenvalue weighted by molar-refractivity contribution is -0.858. The number of carbonyl (C=O) groups excluding carboxylic acids is 2. The maximum Gasteiger partial charge on any atom is 0.295 e. The van der Waals surface area contributed by atoms with Crippen LogP contribution in [0.15, 0.2) is 35.9 Å². The van der Waals surface area contributed by atoms with Crippen LogP contribution >= 0.6 is 0 Å². The van der Waals surface area contributed by atoms with Crippen LogP contribution in [0.4, 0.5) is 0 Å². The van der Waals surface area contributed by atoms with E-state index in [1.807, 2.05) is 21.0 Å². The zero-order valence-electron chi connectivity index (χ0n) is 24.0. The normalized spacial score (nSPS) is 16.6. The van der Waals surface area contributed by atoms with Gasteiger partial charge < -0.3 is 33.9 Å². The number of rotatable bonds is 13. The third kappa shape index (κ3) is 6.47. The molecule has 1 aliphatic heterocycles. The number of aryl methyl sites for hydroxylation is 1. The van der Waals surface area contributed by atoms with E-state index in [0.717, 1.165) is 24.9 Å². The largest absolute Gasteiger partial charge is 0.872 e. The zero-order valence-corrected chi connectivity index (χ0v) is 24.0. The van der Waals surface area contributed by atoms with E-state index in [9.17, 15) is 14.7 Å². The minimum atomic E-state index is -0.899. The minimum Gasteiger partial charge on any atom is -0.872 e. The number of nitrogens with zero attached hydrogens (tertiary/aromatic N) is 1. The number of likely N-dealkylation sites (tertiary alicyclic amines) is 1. The van der Waals surface area contributed by atoms with Crippen molar-refractivity contribution < 1.29 is 38.5 Å². The smallest absolute Gasteiger partial charge is 0.295 e. The fourth-order valence-electron chi connectivity index (χ4n) is 4.74. The molecule has 1 atom stereocenters. The Balaban J connectivity index is 2.15. The number of hydrogen-bond donors (Lipinski definition) is 1. The molecule has 1 amide bonds. The summed E-state index contributed by atoms with van der Waals surface area (Å²) in [5, 5.41) is 13.9. The number of carbonyl (C=O) groups is 2. The van der Waals surface area contributed by atoms with Crippen molar-refractivity contribution in [1.82, 2.24) is 4.90 Å². The fraction of sp³-hybridized carbons (Fsp3) is 0.467. The van der Waals surface area contributed by atoms with E-state index in [1.165, 1.54) is 31.1 Å². The number of quaternary nitrogens is 1. The van der Waals surface area contributed by atoms with E-state index >= 15 is 0 Å². The quantitative estimate of drug-likeness (QED) is 0.179. The predicted octanol–water partition coefficient (Wildman–Crippen LogP) is 1.96. The highest BCUT2D eigenvalue weighted by molar-refractivity contribution is 6.46. The Hall–Kier alpha value is -3.72. The van der Waals surface area contributed by atoms with Gasteiger partial charge in [-0.15, -0.1) is 0 Å². The number of Topliss-reactive ketones (excluding diaryl/α,β-unsaturated/α-hetero) is 1. The van der Waals surface area contributed by atoms with Gasteiger partial charge in [-0.1, -0.05) is 25.2 Å². The van der Waals surface area contributed by atoms with E-state index in [1.54, 1.807) is 30.3 Å². The lowest BCUT2D eigenvalue weighted by atomic mass is 9.94. The Bertz CT molecular complexity index is 1200. The first kappa shape index (κ1) is 29.8. The van der Waals surface area contributed by atoms with Gasteiger partial charge in [0.25, 0.3) is 5.91 Å². The Morgan fingerprint density at radius 3 is 2.18 bits per heavy atom. The molecule has 39 heavy (non-hydrogen) atoms. The van der Waals surface area contributed by atoms with Gasteiger partial charge in [0.2, 0.25) is 11.5 Å². The van der Waals surface area contributed by atoms with E-state index in [0.29, 0.717) is 53.7 Å². The molecule has 2 aromatic carbocycles. The van der Waals surface area contributed by atoms with Crippen molar-refractivity contribution >= 4 is 17.4 Å². The number of methoxy groups -OCH3 is 3. The van der Waals surface area contributed by atoms with E-state index < -0.39 is 23.5 Å². The van der Waals surface area contributed by atoms with Crippen molar-refractivity contribution in [2.75, 3.05) is 55.1 Å². The van der Waals surface area contributed by atoms with Crippen LogP contribution in [0, 0.1) is 6.92 Å². The molecule has 0 radical (unpaired) electrons. The van der Waals surface area contributed by atoms with Crippen LogP contribution in [0.25, 0.3) is 5.76 Å². The lowest BCUT2D eigenvalue weighted by Crippen LogP contribution is -3.05. The number of nitrogens with one attached hydrogen (secondary N) is 1. The molecule has 2 aromatic rings. The summed E-state index contributed by atoms with van der Waals surface area (Å²) in [5.41, 5.74) is 1.54. The average molecular weight is 541 g/mol. The Morgan fingerprint density at radius 2 is 1.64 bits per heavy atom. The van der Waals surface area contributed by atoms with E-state index in [2.05, 4.69) is 6.92 Å². The van der Waals surface area contributed by atoms with Gasteiger partial charge in [-0.25, -0.2) is 0 Å². The molecule has 1 unspecified atom stereocenters. The van der Waals surface area contributed by atoms with Crippen LogP contribution in [-0.2, 0) is 9.59 Å². The van der Waals surface area contributed by atoms with Crippen LogP contribution in [0.1, 0.15) is 48.9 Å². The summed E-state index contributed by atoms with van der Waals surface area (Å²) in [7, 11) is 8.52. The van der Waals surface area contributed by atoms with E-state index in [-0.39, 0.29) is 5.57 Å². The first-order chi connectivity index (χ1) is 18.7. The monoisotopic (exact) mass is 540 g/mol. The van der Waals surface area contributed by atoms with Crippen LogP contribution in [0.5, 0.6) is 23.0 Å². The summed E-state index contributed by atoms with van der Waals surface area (Å²) in [5.74, 6) is -0.174. The molecule has 1 saturated heterocycles. The second-order valence-corrected chi connectivity index (χ2v) is 9.92. The fourth-order valence-corrected chi connectivity index (χ4v) is 4.74. The SMILES string of the molecule is CCCCOc1ccc(C([O-])=C2C(=O)C(=O)N(CCC[NH+](C)C)C2c2cc(OC)c(OC)c(OC)c2)cc1C. The molecule has 1 aliphatic rings. The molecule has 0 aromatic heterocycles. The number of hydrogen-bond acceptors (Lipinski definition) is 7. The minimum absolute atomic E-state index is 0.0921. The Morgan fingerprint density at radius 1 is 0.974 bits per heavy atom. The molecule has 0 saturated carbocycles. The molecular weight excluding hydrogens is 500 g/mol. The highest BCUT2D eigenvalue weighted by Crippen LogP contribution is 2.45. The predicted molar refractivity (Wildman–Crippen MR) is 146 cm³/mol. The highest BCUT2D eigenvalue weighted by atomic mass is 16.5. The molecule has 3 rings (SSSR count). The Kier molecular flexibility index (Phi) is 10.2. The van der Waals surface area contributed by atoms with Crippen molar-refractivity contribution in [1.29, 1.82) is 0 Å². The number of unbranched alkanes of at least 4 members (excludes halogenated alkanes) is 1. The molecular formula is C30H40N2O7. The third-order valence-electron chi connectivity index (χ3n) is 6.80. The van der Waals surface area contributed by atoms with Crippen LogP contribution in [0.2, 0.25) is 0 Å². The zero-order chi connectivity index (χ0) is 28.7. The first-order valence-electron chi connectivity index (χ1n) is 13.3. The van der Waals surface area contributed by atoms with E-state index in [4.69, 9.17) is 18.9 Å². The summed E-state index contributed by atoms with van der Waals surface area (Å²) in [6, 6.07) is 7.57. The maximum atomic E-state index is 13.9. The van der Waals surface area contributed by atoms with Crippen molar-refractivity contribution in [3.8, 4) is 23.0 Å². The summed E-state index contributed by atoms with van der Waals surface area (Å²) in [4.78, 5) is 29.4. The standard InChI is InChI=1S/C30H40N2O7/c1-8-9-15-39-22-12-11-20(16-19(22)2)27(33)25-26(32(30(35)28(25)34)14-10-13-31(3)4)21-17-23(36-5)29(38-7)24(18-21)37-6/h11-12,16-18,26,33H,8-10,13-15H2,1-7H3. The lowest BCUT2D eigenvalue weighted by Gasteiger charge is -2.28. The summed E-state index contributed by atoms with van der Waals surface area (Å²) in [6.45, 7) is 5.64. The molecule has 1 fully saturated rings. The van der Waals surface area contributed by atoms with Crippen molar-refractivity contribution in [3.63, 3.8) is 0 Å². The number of benzene rings is 2. The number of ether oxygens (including phenoxy) is 4. The molecule has 0 aliphatic carbocycles. The van der Waals surface area contributed by atoms with Crippen LogP contribution < -0.4 is 29.0 Å². The molecule has 9 heteroatoms. The molecule has 0 spiro atoms. The van der Waals surface area contributed by atoms with Crippen molar-refractivity contribution in [3.05, 3.63) is 52.6 Å². The van der Waals surface area contributed by atoms with Crippen LogP contribution in [0.3, 0.4) is 0 Å². The molecule has 1 heterocycles. The average Bonchev–Trinajstić information content (AvgIpc) is 3.17. The topological polar surface area (TPSA) is 102 Å². The third-order valence-corrected chi connectivity index (χ3v) is 6.80. The molecule has 0 bridgehead atoms. The van der Waals surface area contributed by atoms with Gasteiger partial charge in [-0.05, 0) is 54.3 Å². The highest BCUT2D eigenvalue weighted by Gasteiger charge is 2.44. The maximum absolute atomic E-state index is 13.9. The van der Waals surface area contributed by atoms with Gasteiger partial charge in [0, 0.05) is 18.5 Å². The Labute approximate surface area is 230 Å². The number of ketones is 1. The van der Waals surface area contributed by atoms with Gasteiger partial charge in [0.15, 0.2) is 11.5 Å². The van der Waals surface area contributed by atoms with Gasteiger partial charge in [-0.2, -0.15) is 0 Å². The van der Waals surface area contributed by atoms with Gasteiger partial charge >= 0.3 is 0 Å². The summed E-state index contributed by atoms with van der Waals surface area (Å²) < 4.78 is 22.3. The van der Waals surface area contributed by atoms with Gasteiger partial charge in [0.05, 0.1) is 54.6 Å². The van der Waals surface area contributed by atoms with Crippen molar-refractivity contribution in [2.45, 2.75) is 39.2 Å². The van der Waals surface area contributed by atoms with Gasteiger partial charge in [-0.3, -0.25) is 9.59 Å².